The molecule has 1 aliphatic heterocycles. The lowest BCUT2D eigenvalue weighted by atomic mass is 9.95. The lowest BCUT2D eigenvalue weighted by Gasteiger charge is -2.16. The second-order valence-corrected chi connectivity index (χ2v) is 7.05. The second-order valence-electron chi connectivity index (χ2n) is 7.05. The van der Waals surface area contributed by atoms with Crippen LogP contribution < -0.4 is 5.32 Å². The Balaban J connectivity index is 1.38. The normalized spacial score (nSPS) is 14.0. The number of aryl methyl sites for hydroxylation is 2. The van der Waals surface area contributed by atoms with Crippen molar-refractivity contribution in [3.8, 4) is 5.95 Å². The van der Waals surface area contributed by atoms with Gasteiger partial charge in [-0.15, -0.1) is 10.2 Å². The van der Waals surface area contributed by atoms with E-state index >= 15 is 0 Å². The quantitative estimate of drug-likeness (QED) is 0.604. The number of esters is 1. The summed E-state index contributed by atoms with van der Waals surface area (Å²) in [7, 11) is 0. The molecular weight excluding hydrogens is 372 g/mol. The molecule has 1 aliphatic rings. The molecule has 0 radical (unpaired) electrons. The first-order chi connectivity index (χ1) is 14.0. The SMILES string of the molecule is Cc1c(C(O)CNCc2cnc(-n3c(C)nnc3C)nc2)ccc2c1COC2=O. The van der Waals surface area contributed by atoms with E-state index in [9.17, 15) is 9.90 Å². The molecule has 0 spiro atoms. The number of ether oxygens (including phenoxy) is 1. The molecule has 1 unspecified atom stereocenters. The number of hydrogen-bond donors (Lipinski definition) is 2. The summed E-state index contributed by atoms with van der Waals surface area (Å²) in [5.41, 5.74) is 4.03. The number of carbonyl (C=O) groups excluding carboxylic acids is 1. The largest absolute Gasteiger partial charge is 0.457 e. The van der Waals surface area contributed by atoms with Crippen molar-refractivity contribution in [2.24, 2.45) is 0 Å². The highest BCUT2D eigenvalue weighted by molar-refractivity contribution is 5.93. The number of cyclic esters (lactones) is 1. The van der Waals surface area contributed by atoms with Gasteiger partial charge in [0.1, 0.15) is 18.3 Å². The first kappa shape index (κ1) is 19.2. The lowest BCUT2D eigenvalue weighted by Crippen LogP contribution is -2.22. The van der Waals surface area contributed by atoms with Crippen molar-refractivity contribution in [1.82, 2.24) is 30.0 Å². The molecule has 4 rings (SSSR count). The monoisotopic (exact) mass is 394 g/mol. The van der Waals surface area contributed by atoms with Crippen LogP contribution in [-0.4, -0.2) is 42.4 Å². The van der Waals surface area contributed by atoms with Crippen molar-refractivity contribution in [3.05, 3.63) is 64.0 Å². The van der Waals surface area contributed by atoms with Gasteiger partial charge < -0.3 is 15.2 Å². The summed E-state index contributed by atoms with van der Waals surface area (Å²) in [5.74, 6) is 1.68. The molecular formula is C20H22N6O3. The van der Waals surface area contributed by atoms with Gasteiger partial charge in [0.15, 0.2) is 0 Å². The average Bonchev–Trinajstić information content (AvgIpc) is 3.25. The summed E-state index contributed by atoms with van der Waals surface area (Å²) >= 11 is 0. The third-order valence-electron chi connectivity index (χ3n) is 5.11. The van der Waals surface area contributed by atoms with Crippen LogP contribution in [0.4, 0.5) is 0 Å². The predicted octanol–water partition coefficient (Wildman–Crippen LogP) is 1.48. The highest BCUT2D eigenvalue weighted by atomic mass is 16.5. The van der Waals surface area contributed by atoms with Crippen LogP contribution in [0.15, 0.2) is 24.5 Å². The minimum atomic E-state index is -0.696. The molecule has 0 aliphatic carbocycles. The summed E-state index contributed by atoms with van der Waals surface area (Å²) in [6, 6.07) is 3.51. The van der Waals surface area contributed by atoms with Gasteiger partial charge in [0.05, 0.1) is 11.7 Å². The van der Waals surface area contributed by atoms with Crippen molar-refractivity contribution >= 4 is 5.97 Å². The summed E-state index contributed by atoms with van der Waals surface area (Å²) < 4.78 is 6.85. The molecule has 9 nitrogen and oxygen atoms in total. The minimum Gasteiger partial charge on any atom is -0.457 e. The molecule has 3 heterocycles. The Bertz CT molecular complexity index is 1040. The van der Waals surface area contributed by atoms with E-state index in [1.807, 2.05) is 20.8 Å². The van der Waals surface area contributed by atoms with Crippen molar-refractivity contribution in [2.45, 2.75) is 40.0 Å². The minimum absolute atomic E-state index is 0.267. The van der Waals surface area contributed by atoms with Gasteiger partial charge in [-0.3, -0.25) is 4.57 Å². The van der Waals surface area contributed by atoms with Gasteiger partial charge >= 0.3 is 5.97 Å². The van der Waals surface area contributed by atoms with Gasteiger partial charge in [-0.25, -0.2) is 14.8 Å². The third-order valence-corrected chi connectivity index (χ3v) is 5.11. The Morgan fingerprint density at radius 3 is 2.55 bits per heavy atom. The number of fused-ring (bicyclic) bond motifs is 1. The number of aromatic nitrogens is 5. The van der Waals surface area contributed by atoms with Crippen LogP contribution in [0.5, 0.6) is 0 Å². The smallest absolute Gasteiger partial charge is 0.338 e. The van der Waals surface area contributed by atoms with Crippen LogP contribution in [0.3, 0.4) is 0 Å². The topological polar surface area (TPSA) is 115 Å². The van der Waals surface area contributed by atoms with E-state index in [4.69, 9.17) is 4.74 Å². The van der Waals surface area contributed by atoms with Gasteiger partial charge in [-0.2, -0.15) is 0 Å². The van der Waals surface area contributed by atoms with Crippen LogP contribution in [-0.2, 0) is 17.9 Å². The standard InChI is InChI=1S/C20H22N6O3/c1-11-15(4-5-16-17(11)10-29-19(16)28)18(27)9-21-6-14-7-22-20(23-8-14)26-12(2)24-25-13(26)3/h4-5,7-8,18,21,27H,6,9-10H2,1-3H3. The second kappa shape index (κ2) is 7.69. The number of hydrogen-bond acceptors (Lipinski definition) is 8. The highest BCUT2D eigenvalue weighted by Gasteiger charge is 2.25. The number of aliphatic hydroxyl groups is 1. The van der Waals surface area contributed by atoms with Gasteiger partial charge in [-0.05, 0) is 38.0 Å². The van der Waals surface area contributed by atoms with Gasteiger partial charge in [0.2, 0.25) is 5.95 Å². The van der Waals surface area contributed by atoms with Gasteiger partial charge in [-0.1, -0.05) is 6.07 Å². The Morgan fingerprint density at radius 2 is 1.86 bits per heavy atom. The van der Waals surface area contributed by atoms with Crippen LogP contribution >= 0.6 is 0 Å². The number of carbonyl (C=O) groups is 1. The zero-order valence-electron chi connectivity index (χ0n) is 16.5. The maximum Gasteiger partial charge on any atom is 0.338 e. The van der Waals surface area contributed by atoms with E-state index < -0.39 is 6.10 Å². The Labute approximate surface area is 167 Å². The number of aliphatic hydroxyl groups excluding tert-OH is 1. The Hall–Kier alpha value is -3.17. The van der Waals surface area contributed by atoms with Crippen LogP contribution in [0.1, 0.15) is 50.4 Å². The number of benzene rings is 1. The maximum atomic E-state index is 11.6. The molecule has 150 valence electrons. The molecule has 0 fully saturated rings. The lowest BCUT2D eigenvalue weighted by molar-refractivity contribution is 0.0535. The first-order valence-electron chi connectivity index (χ1n) is 9.34. The molecule has 29 heavy (non-hydrogen) atoms. The van der Waals surface area contributed by atoms with E-state index in [1.54, 1.807) is 29.1 Å². The molecule has 1 atom stereocenters. The van der Waals surface area contributed by atoms with E-state index in [-0.39, 0.29) is 12.6 Å². The third kappa shape index (κ3) is 3.62. The fraction of sp³-hybridized carbons (Fsp3) is 0.350. The van der Waals surface area contributed by atoms with Crippen molar-refractivity contribution in [2.75, 3.05) is 6.54 Å². The average molecular weight is 394 g/mol. The fourth-order valence-corrected chi connectivity index (χ4v) is 3.50. The summed E-state index contributed by atoms with van der Waals surface area (Å²) in [6.45, 7) is 6.75. The van der Waals surface area contributed by atoms with Crippen molar-refractivity contribution in [1.29, 1.82) is 0 Å². The van der Waals surface area contributed by atoms with Crippen LogP contribution in [0.25, 0.3) is 5.95 Å². The number of nitrogens with zero attached hydrogens (tertiary/aromatic N) is 5. The number of rotatable bonds is 6. The molecule has 0 amide bonds. The van der Waals surface area contributed by atoms with Gasteiger partial charge in [0.25, 0.3) is 0 Å². The maximum absolute atomic E-state index is 11.6. The zero-order chi connectivity index (χ0) is 20.5. The molecule has 0 saturated heterocycles. The summed E-state index contributed by atoms with van der Waals surface area (Å²) in [6.07, 6.45) is 2.78. The molecule has 1 aromatic carbocycles. The van der Waals surface area contributed by atoms with Gasteiger partial charge in [0, 0.05) is 36.6 Å². The van der Waals surface area contributed by atoms with Crippen molar-refractivity contribution < 1.29 is 14.6 Å². The predicted molar refractivity (Wildman–Crippen MR) is 103 cm³/mol. The molecule has 0 bridgehead atoms. The van der Waals surface area contributed by atoms with Crippen molar-refractivity contribution in [3.63, 3.8) is 0 Å². The fourth-order valence-electron chi connectivity index (χ4n) is 3.50. The molecule has 9 heteroatoms. The molecule has 0 saturated carbocycles. The zero-order valence-corrected chi connectivity index (χ0v) is 16.5. The van der Waals surface area contributed by atoms with E-state index in [0.717, 1.165) is 33.9 Å². The van der Waals surface area contributed by atoms with Crippen LogP contribution in [0, 0.1) is 20.8 Å². The van der Waals surface area contributed by atoms with E-state index in [1.165, 1.54) is 0 Å². The molecule has 3 aromatic rings. The van der Waals surface area contributed by atoms with E-state index in [2.05, 4.69) is 25.5 Å². The Kier molecular flexibility index (Phi) is 5.08. The summed E-state index contributed by atoms with van der Waals surface area (Å²) in [4.78, 5) is 20.4. The first-order valence-corrected chi connectivity index (χ1v) is 9.34. The van der Waals surface area contributed by atoms with E-state index in [0.29, 0.717) is 24.6 Å². The number of nitrogens with one attached hydrogen (secondary N) is 1. The summed E-state index contributed by atoms with van der Waals surface area (Å²) in [5, 5.41) is 21.8. The molecule has 2 N–H and O–H groups in total. The highest BCUT2D eigenvalue weighted by Crippen LogP contribution is 2.28. The van der Waals surface area contributed by atoms with Crippen LogP contribution in [0.2, 0.25) is 0 Å². The Morgan fingerprint density at radius 1 is 1.17 bits per heavy atom. The molecule has 2 aromatic heterocycles.